The second kappa shape index (κ2) is 15.2. The Kier molecular flexibility index (Phi) is 11.9. The fourth-order valence-corrected chi connectivity index (χ4v) is 11.0. The maximum atomic E-state index is 11.4. The van der Waals surface area contributed by atoms with Crippen molar-refractivity contribution in [2.24, 2.45) is 0 Å². The van der Waals surface area contributed by atoms with E-state index in [4.69, 9.17) is 23.4 Å². The maximum Gasteiger partial charge on any atom is 0.261 e. The van der Waals surface area contributed by atoms with Crippen molar-refractivity contribution in [1.82, 2.24) is 0 Å². The van der Waals surface area contributed by atoms with Gasteiger partial charge in [0.2, 0.25) is 0 Å². The molecule has 0 amide bonds. The number of hydrogen-bond acceptors (Lipinski definition) is 6. The van der Waals surface area contributed by atoms with Crippen LogP contribution in [-0.2, 0) is 25.2 Å². The largest absolute Gasteiger partial charge is 0.497 e. The zero-order valence-electron chi connectivity index (χ0n) is 28.3. The molecule has 0 radical (unpaired) electrons. The molecule has 7 heteroatoms. The Morgan fingerprint density at radius 3 is 2.04 bits per heavy atom. The lowest BCUT2D eigenvalue weighted by Gasteiger charge is -2.43. The molecule has 1 fully saturated rings. The Bertz CT molecular complexity index is 1310. The van der Waals surface area contributed by atoms with Crippen LogP contribution in [0.1, 0.15) is 66.9 Å². The summed E-state index contributed by atoms with van der Waals surface area (Å²) in [5.74, 6) is 0.0262. The van der Waals surface area contributed by atoms with Crippen LogP contribution in [-0.4, -0.2) is 57.3 Å². The van der Waals surface area contributed by atoms with Crippen molar-refractivity contribution in [3.63, 3.8) is 0 Å². The highest BCUT2D eigenvalue weighted by Crippen LogP contribution is 2.38. The molecule has 1 unspecified atom stereocenters. The summed E-state index contributed by atoms with van der Waals surface area (Å²) < 4.78 is 31.1. The van der Waals surface area contributed by atoms with Gasteiger partial charge in [-0.1, -0.05) is 105 Å². The van der Waals surface area contributed by atoms with E-state index in [1.165, 1.54) is 10.4 Å². The molecule has 6 nitrogen and oxygen atoms in total. The van der Waals surface area contributed by atoms with Gasteiger partial charge < -0.3 is 28.5 Å². The maximum absolute atomic E-state index is 11.4. The first-order chi connectivity index (χ1) is 21.3. The number of methoxy groups -OCH3 is 1. The van der Waals surface area contributed by atoms with Gasteiger partial charge in [0.05, 0.1) is 25.9 Å². The van der Waals surface area contributed by atoms with Crippen LogP contribution in [0.15, 0.2) is 96.6 Å². The highest BCUT2D eigenvalue weighted by molar-refractivity contribution is 6.99. The highest BCUT2D eigenvalue weighted by Gasteiger charge is 2.51. The van der Waals surface area contributed by atoms with Gasteiger partial charge in [0, 0.05) is 6.61 Å². The molecule has 244 valence electrons. The molecule has 0 aromatic heterocycles. The van der Waals surface area contributed by atoms with E-state index in [1.54, 1.807) is 7.11 Å². The zero-order valence-corrected chi connectivity index (χ0v) is 29.3. The molecule has 3 aromatic rings. The summed E-state index contributed by atoms with van der Waals surface area (Å²) in [5.41, 5.74) is 2.13. The van der Waals surface area contributed by atoms with Gasteiger partial charge >= 0.3 is 0 Å². The molecule has 3 aromatic carbocycles. The summed E-state index contributed by atoms with van der Waals surface area (Å²) in [6, 6.07) is 29.2. The molecule has 0 saturated carbocycles. The van der Waals surface area contributed by atoms with Gasteiger partial charge in [0.1, 0.15) is 18.0 Å². The SMILES string of the molecule is COc1ccc(CO[C@H](C)C/C(C)=C\C(O)[C@H]2OC(C)(C)O[C@H]2CCO[Si](c2ccccc2)(c2ccccc2)C(C)(C)C)cc1. The van der Waals surface area contributed by atoms with E-state index >= 15 is 0 Å². The van der Waals surface area contributed by atoms with Crippen LogP contribution in [0.5, 0.6) is 5.75 Å². The minimum absolute atomic E-state index is 0.0108. The summed E-state index contributed by atoms with van der Waals surface area (Å²) in [5, 5.41) is 13.7. The average Bonchev–Trinajstić information content (AvgIpc) is 3.32. The van der Waals surface area contributed by atoms with Crippen LogP contribution in [0.25, 0.3) is 0 Å². The number of hydrogen-bond donors (Lipinski definition) is 1. The van der Waals surface area contributed by atoms with E-state index < -0.39 is 26.3 Å². The van der Waals surface area contributed by atoms with Crippen molar-refractivity contribution in [3.8, 4) is 5.75 Å². The van der Waals surface area contributed by atoms with Crippen LogP contribution in [0.4, 0.5) is 0 Å². The molecule has 0 bridgehead atoms. The van der Waals surface area contributed by atoms with Crippen molar-refractivity contribution < 1.29 is 28.5 Å². The number of ether oxygens (including phenoxy) is 4. The van der Waals surface area contributed by atoms with Crippen molar-refractivity contribution in [2.75, 3.05) is 13.7 Å². The molecule has 4 rings (SSSR count). The Hall–Kier alpha value is -2.78. The first-order valence-electron chi connectivity index (χ1n) is 16.0. The third-order valence-electron chi connectivity index (χ3n) is 8.45. The fraction of sp³-hybridized carbons (Fsp3) is 0.474. The van der Waals surface area contributed by atoms with Gasteiger partial charge in [-0.25, -0.2) is 0 Å². The third kappa shape index (κ3) is 8.94. The summed E-state index contributed by atoms with van der Waals surface area (Å²) in [6.07, 6.45) is 1.53. The molecule has 1 saturated heterocycles. The third-order valence-corrected chi connectivity index (χ3v) is 13.5. The van der Waals surface area contributed by atoms with E-state index in [0.29, 0.717) is 26.1 Å². The van der Waals surface area contributed by atoms with Crippen LogP contribution >= 0.6 is 0 Å². The van der Waals surface area contributed by atoms with Gasteiger partial charge in [0.15, 0.2) is 5.79 Å². The molecule has 1 heterocycles. The number of aliphatic hydroxyl groups is 1. The van der Waals surface area contributed by atoms with Gasteiger partial charge in [-0.05, 0) is 73.6 Å². The Morgan fingerprint density at radius 1 is 0.933 bits per heavy atom. The van der Waals surface area contributed by atoms with Gasteiger partial charge in [-0.3, -0.25) is 0 Å². The van der Waals surface area contributed by atoms with E-state index in [0.717, 1.165) is 16.9 Å². The normalized spacial score (nSPS) is 20.2. The van der Waals surface area contributed by atoms with Gasteiger partial charge in [-0.2, -0.15) is 0 Å². The van der Waals surface area contributed by atoms with Crippen molar-refractivity contribution in [3.05, 3.63) is 102 Å². The van der Waals surface area contributed by atoms with Crippen LogP contribution in [0, 0.1) is 0 Å². The summed E-state index contributed by atoms with van der Waals surface area (Å²) in [4.78, 5) is 0. The predicted molar refractivity (Wildman–Crippen MR) is 184 cm³/mol. The smallest absolute Gasteiger partial charge is 0.261 e. The Morgan fingerprint density at radius 2 is 1.51 bits per heavy atom. The van der Waals surface area contributed by atoms with E-state index in [9.17, 15) is 5.11 Å². The van der Waals surface area contributed by atoms with E-state index in [2.05, 4.69) is 88.4 Å². The van der Waals surface area contributed by atoms with Gasteiger partial charge in [-0.15, -0.1) is 0 Å². The second-order valence-corrected chi connectivity index (χ2v) is 17.9. The van der Waals surface area contributed by atoms with E-state index in [-0.39, 0.29) is 17.2 Å². The van der Waals surface area contributed by atoms with Crippen molar-refractivity contribution in [2.45, 2.75) is 103 Å². The molecule has 1 N–H and O–H groups in total. The Labute approximate surface area is 271 Å². The Balaban J connectivity index is 1.43. The summed E-state index contributed by atoms with van der Waals surface area (Å²) >= 11 is 0. The van der Waals surface area contributed by atoms with Crippen LogP contribution in [0.2, 0.25) is 5.04 Å². The molecule has 45 heavy (non-hydrogen) atoms. The molecule has 0 aliphatic carbocycles. The lowest BCUT2D eigenvalue weighted by molar-refractivity contribution is -0.153. The standard InChI is InChI=1S/C38H52O6Si/c1-28(25-29(2)41-27-30-19-21-31(40-8)22-20-30)26-34(39)36-35(43-38(6,7)44-36)23-24-42-45(37(3,4)5,32-15-11-9-12-16-32)33-17-13-10-14-18-33/h9-22,26,29,34-36,39H,23-25,27H2,1-8H3/b28-26-/t29-,34?,35+,36-/m1/s1. The minimum Gasteiger partial charge on any atom is -0.497 e. The summed E-state index contributed by atoms with van der Waals surface area (Å²) in [7, 11) is -1.02. The monoisotopic (exact) mass is 632 g/mol. The lowest BCUT2D eigenvalue weighted by Crippen LogP contribution is -2.66. The molecule has 1 aliphatic rings. The average molecular weight is 633 g/mol. The second-order valence-electron chi connectivity index (χ2n) is 13.6. The molecular formula is C38H52O6Si. The number of benzene rings is 3. The van der Waals surface area contributed by atoms with Crippen LogP contribution in [0.3, 0.4) is 0 Å². The molecule has 1 aliphatic heterocycles. The quantitative estimate of drug-likeness (QED) is 0.156. The molecular weight excluding hydrogens is 580 g/mol. The lowest BCUT2D eigenvalue weighted by atomic mass is 10.0. The summed E-state index contributed by atoms with van der Waals surface area (Å²) in [6.45, 7) is 15.7. The number of aliphatic hydroxyl groups excluding tert-OH is 1. The fourth-order valence-electron chi connectivity index (χ4n) is 6.39. The predicted octanol–water partition coefficient (Wildman–Crippen LogP) is 6.78. The first-order valence-corrected chi connectivity index (χ1v) is 18.0. The zero-order chi connectivity index (χ0) is 32.7. The highest BCUT2D eigenvalue weighted by atomic mass is 28.4. The van der Waals surface area contributed by atoms with Gasteiger partial charge in [0.25, 0.3) is 8.32 Å². The topological polar surface area (TPSA) is 66.4 Å². The van der Waals surface area contributed by atoms with Crippen LogP contribution < -0.4 is 15.1 Å². The minimum atomic E-state index is -2.68. The molecule has 4 atom stereocenters. The first kappa shape index (κ1) is 35.1. The number of rotatable bonds is 14. The van der Waals surface area contributed by atoms with Crippen molar-refractivity contribution in [1.29, 1.82) is 0 Å². The van der Waals surface area contributed by atoms with E-state index in [1.807, 2.05) is 51.1 Å². The molecule has 0 spiro atoms. The van der Waals surface area contributed by atoms with Crippen molar-refractivity contribution >= 4 is 18.7 Å².